The minimum Gasteiger partial charge on any atom is -0.439 e. The topological polar surface area (TPSA) is 111 Å². The number of ether oxygens (including phenoxy) is 1. The number of hydrogen-bond donors (Lipinski definition) is 0. The summed E-state index contributed by atoms with van der Waals surface area (Å²) in [5.74, 6) is -1.21. The maximum absolute atomic E-state index is 12.3. The molecule has 2 heterocycles. The number of amides is 2. The molecule has 0 saturated carbocycles. The average Bonchev–Trinajstić information content (AvgIpc) is 3.06. The normalized spacial score (nSPS) is 13.9. The lowest BCUT2D eigenvalue weighted by molar-refractivity contribution is -0.121. The third-order valence-corrected chi connectivity index (χ3v) is 4.36. The highest BCUT2D eigenvalue weighted by Gasteiger charge is 2.30. The summed E-state index contributed by atoms with van der Waals surface area (Å²) < 4.78 is 6.08. The Labute approximate surface area is 158 Å². The predicted molar refractivity (Wildman–Crippen MR) is 97.4 cm³/mol. The molecule has 0 bridgehead atoms. The van der Waals surface area contributed by atoms with Crippen molar-refractivity contribution < 1.29 is 19.1 Å². The van der Waals surface area contributed by atoms with Crippen LogP contribution in [0.5, 0.6) is 0 Å². The zero-order valence-electron chi connectivity index (χ0n) is 14.6. The summed E-state index contributed by atoms with van der Waals surface area (Å²) in [5.41, 5.74) is 0.654. The Bertz CT molecular complexity index is 1140. The molecule has 1 aliphatic rings. The summed E-state index contributed by atoms with van der Waals surface area (Å²) in [6.07, 6.45) is 0.369. The van der Waals surface area contributed by atoms with Gasteiger partial charge >= 0.3 is 5.97 Å². The van der Waals surface area contributed by atoms with Crippen LogP contribution in [-0.2, 0) is 21.1 Å². The molecule has 140 valence electrons. The number of benzene rings is 2. The van der Waals surface area contributed by atoms with Crippen LogP contribution in [0.1, 0.15) is 23.2 Å². The second kappa shape index (κ2) is 7.03. The molecule has 1 fully saturated rings. The Morgan fingerprint density at radius 2 is 1.64 bits per heavy atom. The van der Waals surface area contributed by atoms with E-state index in [-0.39, 0.29) is 37.0 Å². The maximum atomic E-state index is 12.3. The van der Waals surface area contributed by atoms with Gasteiger partial charge in [-0.05, 0) is 36.4 Å². The molecule has 2 aromatic carbocycles. The number of fused-ring (bicyclic) bond motifs is 1. The van der Waals surface area contributed by atoms with Crippen molar-refractivity contribution in [3.8, 4) is 0 Å². The van der Waals surface area contributed by atoms with Crippen molar-refractivity contribution in [3.63, 3.8) is 0 Å². The lowest BCUT2D eigenvalue weighted by Crippen LogP contribution is -2.28. The Balaban J connectivity index is 1.47. The molecule has 1 saturated heterocycles. The van der Waals surface area contributed by atoms with Gasteiger partial charge in [0.25, 0.3) is 5.56 Å². The smallest absolute Gasteiger partial charge is 0.339 e. The number of rotatable bonds is 4. The van der Waals surface area contributed by atoms with Crippen molar-refractivity contribution in [2.75, 3.05) is 4.90 Å². The van der Waals surface area contributed by atoms with E-state index in [0.717, 1.165) is 9.58 Å². The fourth-order valence-electron chi connectivity index (χ4n) is 2.92. The van der Waals surface area contributed by atoms with Crippen LogP contribution in [0.3, 0.4) is 0 Å². The first-order chi connectivity index (χ1) is 13.5. The lowest BCUT2D eigenvalue weighted by atomic mass is 10.2. The van der Waals surface area contributed by atoms with E-state index in [1.165, 1.54) is 24.3 Å². The van der Waals surface area contributed by atoms with Crippen molar-refractivity contribution in [1.29, 1.82) is 0 Å². The maximum Gasteiger partial charge on any atom is 0.339 e. The van der Waals surface area contributed by atoms with Gasteiger partial charge in [0.1, 0.15) is 5.52 Å². The van der Waals surface area contributed by atoms with Gasteiger partial charge < -0.3 is 4.74 Å². The van der Waals surface area contributed by atoms with E-state index >= 15 is 0 Å². The summed E-state index contributed by atoms with van der Waals surface area (Å²) in [6.45, 7) is -0.389. The van der Waals surface area contributed by atoms with Crippen LogP contribution in [0.15, 0.2) is 53.3 Å². The van der Waals surface area contributed by atoms with Crippen molar-refractivity contribution >= 4 is 34.4 Å². The van der Waals surface area contributed by atoms with Crippen LogP contribution in [0, 0.1) is 0 Å². The zero-order chi connectivity index (χ0) is 19.7. The molecular formula is C19H14N4O5. The molecule has 9 nitrogen and oxygen atoms in total. The van der Waals surface area contributed by atoms with Gasteiger partial charge in [-0.3, -0.25) is 19.3 Å². The number of nitrogens with zero attached hydrogens (tertiary/aromatic N) is 4. The van der Waals surface area contributed by atoms with Gasteiger partial charge in [-0.15, -0.1) is 5.10 Å². The third-order valence-electron chi connectivity index (χ3n) is 4.36. The Morgan fingerprint density at radius 3 is 2.36 bits per heavy atom. The van der Waals surface area contributed by atoms with E-state index in [1.807, 2.05) is 0 Å². The number of hydrogen-bond acceptors (Lipinski definition) is 7. The Kier molecular flexibility index (Phi) is 4.40. The number of aromatic nitrogens is 3. The SMILES string of the molecule is O=C(OCn1nnc2ccccc2c1=O)c1ccc(N2C(=O)CCC2=O)cc1. The Morgan fingerprint density at radius 1 is 0.964 bits per heavy atom. The van der Waals surface area contributed by atoms with E-state index < -0.39 is 11.5 Å². The average molecular weight is 378 g/mol. The zero-order valence-corrected chi connectivity index (χ0v) is 14.6. The first-order valence-corrected chi connectivity index (χ1v) is 8.50. The van der Waals surface area contributed by atoms with Gasteiger partial charge in [-0.25, -0.2) is 4.79 Å². The van der Waals surface area contributed by atoms with Crippen molar-refractivity contribution in [2.24, 2.45) is 0 Å². The van der Waals surface area contributed by atoms with Gasteiger partial charge in [-0.1, -0.05) is 17.3 Å². The largest absolute Gasteiger partial charge is 0.439 e. The molecular weight excluding hydrogens is 364 g/mol. The molecule has 0 atom stereocenters. The monoisotopic (exact) mass is 378 g/mol. The highest BCUT2D eigenvalue weighted by Crippen LogP contribution is 2.23. The summed E-state index contributed by atoms with van der Waals surface area (Å²) >= 11 is 0. The molecule has 9 heteroatoms. The highest BCUT2D eigenvalue weighted by molar-refractivity contribution is 6.19. The quantitative estimate of drug-likeness (QED) is 0.496. The molecule has 0 spiro atoms. The van der Waals surface area contributed by atoms with E-state index in [0.29, 0.717) is 16.6 Å². The van der Waals surface area contributed by atoms with E-state index in [4.69, 9.17) is 4.74 Å². The second-order valence-corrected chi connectivity index (χ2v) is 6.14. The van der Waals surface area contributed by atoms with Crippen molar-refractivity contribution in [2.45, 2.75) is 19.6 Å². The number of imide groups is 1. The van der Waals surface area contributed by atoms with Crippen LogP contribution in [0.25, 0.3) is 10.9 Å². The van der Waals surface area contributed by atoms with Crippen LogP contribution >= 0.6 is 0 Å². The van der Waals surface area contributed by atoms with Crippen LogP contribution in [0.2, 0.25) is 0 Å². The molecule has 0 aliphatic carbocycles. The fraction of sp³-hybridized carbons (Fsp3) is 0.158. The lowest BCUT2D eigenvalue weighted by Gasteiger charge is -2.14. The molecule has 1 aliphatic heterocycles. The minimum atomic E-state index is -0.674. The Hall–Kier alpha value is -3.88. The number of carbonyl (C=O) groups excluding carboxylic acids is 3. The van der Waals surface area contributed by atoms with Gasteiger partial charge in [0.05, 0.1) is 16.6 Å². The molecule has 0 radical (unpaired) electrons. The molecule has 3 aromatic rings. The van der Waals surface area contributed by atoms with Gasteiger partial charge in [-0.2, -0.15) is 4.68 Å². The predicted octanol–water partition coefficient (Wildman–Crippen LogP) is 1.26. The van der Waals surface area contributed by atoms with Crippen LogP contribution < -0.4 is 10.5 Å². The third kappa shape index (κ3) is 3.13. The first kappa shape index (κ1) is 17.5. The molecule has 2 amide bonds. The molecule has 4 rings (SSSR count). The van der Waals surface area contributed by atoms with E-state index in [9.17, 15) is 19.2 Å². The molecule has 1 aromatic heterocycles. The summed E-state index contributed by atoms with van der Waals surface area (Å²) in [4.78, 5) is 49.2. The fourth-order valence-corrected chi connectivity index (χ4v) is 2.92. The summed E-state index contributed by atoms with van der Waals surface area (Å²) in [6, 6.07) is 12.6. The summed E-state index contributed by atoms with van der Waals surface area (Å²) in [7, 11) is 0. The second-order valence-electron chi connectivity index (χ2n) is 6.14. The van der Waals surface area contributed by atoms with Gasteiger partial charge in [0, 0.05) is 12.8 Å². The minimum absolute atomic E-state index is 0.185. The standard InChI is InChI=1S/C19H14N4O5/c24-16-9-10-17(25)23(16)13-7-5-12(6-8-13)19(27)28-11-22-18(26)14-3-1-2-4-15(14)20-21-22/h1-8H,9-11H2. The van der Waals surface area contributed by atoms with E-state index in [1.54, 1.807) is 24.3 Å². The van der Waals surface area contributed by atoms with Gasteiger partial charge in [0.15, 0.2) is 6.73 Å². The van der Waals surface area contributed by atoms with Crippen LogP contribution in [0.4, 0.5) is 5.69 Å². The molecule has 0 unspecified atom stereocenters. The molecule has 0 N–H and O–H groups in total. The first-order valence-electron chi connectivity index (χ1n) is 8.50. The summed E-state index contributed by atoms with van der Waals surface area (Å²) in [5, 5.41) is 8.04. The highest BCUT2D eigenvalue weighted by atomic mass is 16.5. The van der Waals surface area contributed by atoms with Crippen molar-refractivity contribution in [3.05, 3.63) is 64.4 Å². The van der Waals surface area contributed by atoms with E-state index in [2.05, 4.69) is 10.3 Å². The van der Waals surface area contributed by atoms with Crippen LogP contribution in [-0.4, -0.2) is 32.8 Å². The number of carbonyl (C=O) groups is 3. The van der Waals surface area contributed by atoms with Crippen molar-refractivity contribution in [1.82, 2.24) is 15.0 Å². The molecule has 28 heavy (non-hydrogen) atoms. The van der Waals surface area contributed by atoms with Gasteiger partial charge in [0.2, 0.25) is 11.8 Å². The number of esters is 1. The number of anilines is 1.